The van der Waals surface area contributed by atoms with Gasteiger partial charge >= 0.3 is 0 Å². The van der Waals surface area contributed by atoms with Crippen molar-refractivity contribution in [2.45, 2.75) is 19.9 Å². The van der Waals surface area contributed by atoms with Crippen molar-refractivity contribution in [2.75, 3.05) is 17.0 Å². The van der Waals surface area contributed by atoms with E-state index < -0.39 is 10.0 Å². The first-order valence-electron chi connectivity index (χ1n) is 5.49. The molecule has 1 aromatic carbocycles. The van der Waals surface area contributed by atoms with Gasteiger partial charge in [-0.15, -0.1) is 0 Å². The molecule has 0 amide bonds. The van der Waals surface area contributed by atoms with Gasteiger partial charge < -0.3 is 5.32 Å². The Morgan fingerprint density at radius 1 is 1.39 bits per heavy atom. The van der Waals surface area contributed by atoms with E-state index in [2.05, 4.69) is 26.0 Å². The second-order valence-electron chi connectivity index (χ2n) is 4.15. The molecule has 0 aliphatic rings. The third-order valence-electron chi connectivity index (χ3n) is 2.12. The van der Waals surface area contributed by atoms with Crippen LogP contribution in [0.15, 0.2) is 22.7 Å². The standard InChI is InChI=1S/C11H16BrClN2O2S/c1-8(2)14-5-6-18(16,17)15-11-7-9(12)3-4-10(11)13/h3-4,7-8,14-15H,5-6H2,1-2H3. The molecule has 0 fully saturated rings. The monoisotopic (exact) mass is 354 g/mol. The SMILES string of the molecule is CC(C)NCCS(=O)(=O)Nc1cc(Br)ccc1Cl. The highest BCUT2D eigenvalue weighted by atomic mass is 79.9. The van der Waals surface area contributed by atoms with Gasteiger partial charge in [-0.2, -0.15) is 0 Å². The van der Waals surface area contributed by atoms with Crippen LogP contribution in [0.3, 0.4) is 0 Å². The van der Waals surface area contributed by atoms with Crippen molar-refractivity contribution < 1.29 is 8.42 Å². The zero-order chi connectivity index (χ0) is 13.8. The Kier molecular flexibility index (Phi) is 5.91. The van der Waals surface area contributed by atoms with Crippen LogP contribution in [0.4, 0.5) is 5.69 Å². The number of nitrogens with one attached hydrogen (secondary N) is 2. The topological polar surface area (TPSA) is 58.2 Å². The van der Waals surface area contributed by atoms with Gasteiger partial charge in [-0.3, -0.25) is 4.72 Å². The molecule has 1 aromatic rings. The fourth-order valence-electron chi connectivity index (χ4n) is 1.28. The van der Waals surface area contributed by atoms with Gasteiger partial charge in [-0.05, 0) is 18.2 Å². The van der Waals surface area contributed by atoms with E-state index in [-0.39, 0.29) is 11.8 Å². The second kappa shape index (κ2) is 6.75. The van der Waals surface area contributed by atoms with Gasteiger partial charge in [-0.25, -0.2) is 8.42 Å². The van der Waals surface area contributed by atoms with Gasteiger partial charge in [0.1, 0.15) is 0 Å². The lowest BCUT2D eigenvalue weighted by Gasteiger charge is -2.11. The van der Waals surface area contributed by atoms with E-state index in [1.54, 1.807) is 18.2 Å². The first-order valence-corrected chi connectivity index (χ1v) is 8.31. The van der Waals surface area contributed by atoms with Crippen LogP contribution in [-0.4, -0.2) is 26.8 Å². The summed E-state index contributed by atoms with van der Waals surface area (Å²) < 4.78 is 26.9. The van der Waals surface area contributed by atoms with Gasteiger partial charge in [-0.1, -0.05) is 41.4 Å². The van der Waals surface area contributed by atoms with Crippen LogP contribution in [-0.2, 0) is 10.0 Å². The number of sulfonamides is 1. The van der Waals surface area contributed by atoms with E-state index in [1.807, 2.05) is 13.8 Å². The van der Waals surface area contributed by atoms with Crippen LogP contribution in [0.25, 0.3) is 0 Å². The highest BCUT2D eigenvalue weighted by Gasteiger charge is 2.12. The number of anilines is 1. The molecule has 0 spiro atoms. The van der Waals surface area contributed by atoms with Crippen molar-refractivity contribution in [3.8, 4) is 0 Å². The molecule has 0 aliphatic carbocycles. The number of hydrogen-bond donors (Lipinski definition) is 2. The fraction of sp³-hybridized carbons (Fsp3) is 0.455. The van der Waals surface area contributed by atoms with Crippen molar-refractivity contribution in [3.63, 3.8) is 0 Å². The summed E-state index contributed by atoms with van der Waals surface area (Å²) in [5.74, 6) is 0.00796. The highest BCUT2D eigenvalue weighted by molar-refractivity contribution is 9.10. The average molecular weight is 356 g/mol. The summed E-state index contributed by atoms with van der Waals surface area (Å²) in [5, 5.41) is 3.43. The van der Waals surface area contributed by atoms with Crippen molar-refractivity contribution in [1.82, 2.24) is 5.32 Å². The van der Waals surface area contributed by atoms with Crippen LogP contribution in [0.5, 0.6) is 0 Å². The minimum atomic E-state index is -3.39. The predicted molar refractivity (Wildman–Crippen MR) is 79.7 cm³/mol. The Labute approximate surface area is 121 Å². The van der Waals surface area contributed by atoms with Gasteiger partial charge in [0.2, 0.25) is 10.0 Å². The summed E-state index contributed by atoms with van der Waals surface area (Å²) >= 11 is 9.19. The Hall–Kier alpha value is -0.300. The predicted octanol–water partition coefficient (Wildman–Crippen LogP) is 2.84. The van der Waals surface area contributed by atoms with Crippen LogP contribution in [0, 0.1) is 0 Å². The normalized spacial score (nSPS) is 11.8. The lowest BCUT2D eigenvalue weighted by molar-refractivity contribution is 0.582. The van der Waals surface area contributed by atoms with Crippen molar-refractivity contribution in [2.24, 2.45) is 0 Å². The van der Waals surface area contributed by atoms with E-state index in [4.69, 9.17) is 11.6 Å². The minimum Gasteiger partial charge on any atom is -0.313 e. The summed E-state index contributed by atoms with van der Waals surface area (Å²) in [4.78, 5) is 0. The molecule has 1 rings (SSSR count). The van der Waals surface area contributed by atoms with Crippen LogP contribution in [0.1, 0.15) is 13.8 Å². The van der Waals surface area contributed by atoms with Crippen LogP contribution < -0.4 is 10.0 Å². The third-order valence-corrected chi connectivity index (χ3v) is 4.21. The lowest BCUT2D eigenvalue weighted by atomic mass is 10.3. The van der Waals surface area contributed by atoms with Crippen molar-refractivity contribution in [3.05, 3.63) is 27.7 Å². The molecule has 0 unspecified atom stereocenters. The smallest absolute Gasteiger partial charge is 0.234 e. The first kappa shape index (κ1) is 15.8. The van der Waals surface area contributed by atoms with Crippen LogP contribution >= 0.6 is 27.5 Å². The summed E-state index contributed by atoms with van der Waals surface area (Å²) in [5.41, 5.74) is 0.385. The van der Waals surface area contributed by atoms with E-state index >= 15 is 0 Å². The molecule has 4 nitrogen and oxygen atoms in total. The van der Waals surface area contributed by atoms with Crippen LogP contribution in [0.2, 0.25) is 5.02 Å². The quantitative estimate of drug-likeness (QED) is 0.825. The minimum absolute atomic E-state index is 0.00796. The molecular weight excluding hydrogens is 340 g/mol. The third kappa shape index (κ3) is 5.56. The summed E-state index contributed by atoms with van der Waals surface area (Å²) in [6, 6.07) is 5.28. The Balaban J connectivity index is 2.67. The van der Waals surface area contributed by atoms with E-state index in [9.17, 15) is 8.42 Å². The van der Waals surface area contributed by atoms with E-state index in [0.29, 0.717) is 17.3 Å². The molecule has 0 bridgehead atoms. The van der Waals surface area contributed by atoms with Gasteiger partial charge in [0, 0.05) is 17.1 Å². The average Bonchev–Trinajstić information content (AvgIpc) is 2.22. The maximum absolute atomic E-state index is 11.8. The Morgan fingerprint density at radius 3 is 2.67 bits per heavy atom. The van der Waals surface area contributed by atoms with Gasteiger partial charge in [0.05, 0.1) is 16.5 Å². The number of benzene rings is 1. The van der Waals surface area contributed by atoms with Crippen molar-refractivity contribution in [1.29, 1.82) is 0 Å². The second-order valence-corrected chi connectivity index (χ2v) is 7.32. The van der Waals surface area contributed by atoms with Gasteiger partial charge in [0.15, 0.2) is 0 Å². The Morgan fingerprint density at radius 2 is 2.06 bits per heavy atom. The largest absolute Gasteiger partial charge is 0.313 e. The zero-order valence-corrected chi connectivity index (χ0v) is 13.4. The number of rotatable bonds is 6. The molecule has 0 aliphatic heterocycles. The number of halogens is 2. The molecule has 0 aromatic heterocycles. The molecule has 0 saturated heterocycles. The highest BCUT2D eigenvalue weighted by Crippen LogP contribution is 2.26. The molecule has 18 heavy (non-hydrogen) atoms. The number of hydrogen-bond acceptors (Lipinski definition) is 3. The van der Waals surface area contributed by atoms with E-state index in [0.717, 1.165) is 4.47 Å². The molecule has 0 heterocycles. The lowest BCUT2D eigenvalue weighted by Crippen LogP contribution is -2.31. The zero-order valence-electron chi connectivity index (χ0n) is 10.2. The maximum Gasteiger partial charge on any atom is 0.234 e. The fourth-order valence-corrected chi connectivity index (χ4v) is 2.85. The molecule has 0 saturated carbocycles. The first-order chi connectivity index (χ1) is 8.30. The molecular formula is C11H16BrClN2O2S. The maximum atomic E-state index is 11.8. The van der Waals surface area contributed by atoms with E-state index in [1.165, 1.54) is 0 Å². The summed E-state index contributed by atoms with van der Waals surface area (Å²) in [6.45, 7) is 4.33. The molecule has 2 N–H and O–H groups in total. The summed E-state index contributed by atoms with van der Waals surface area (Å²) in [6.07, 6.45) is 0. The van der Waals surface area contributed by atoms with Gasteiger partial charge in [0.25, 0.3) is 0 Å². The van der Waals surface area contributed by atoms with Crippen molar-refractivity contribution >= 4 is 43.2 Å². The molecule has 102 valence electrons. The molecule has 0 radical (unpaired) electrons. The molecule has 0 atom stereocenters. The molecule has 7 heteroatoms. The summed E-state index contributed by atoms with van der Waals surface area (Å²) in [7, 11) is -3.39. The Bertz CT molecular complexity index is 506.